The third kappa shape index (κ3) is 5.01. The molecule has 2 heteroatoms. The van der Waals surface area contributed by atoms with E-state index in [1.807, 2.05) is 81.4 Å². The van der Waals surface area contributed by atoms with Gasteiger partial charge in [0, 0.05) is 23.0 Å². The first-order valence-corrected chi connectivity index (χ1v) is 9.25. The van der Waals surface area contributed by atoms with Gasteiger partial charge in [0.2, 0.25) is 0 Å². The predicted molar refractivity (Wildman–Crippen MR) is 113 cm³/mol. The number of hydrogen-bond acceptors (Lipinski definition) is 2. The summed E-state index contributed by atoms with van der Waals surface area (Å²) >= 11 is 0. The molecular formula is C25H25NO. The molecule has 27 heavy (non-hydrogen) atoms. The summed E-state index contributed by atoms with van der Waals surface area (Å²) in [7, 11) is 0. The number of aliphatic imine (C=N–C) groups is 1. The van der Waals surface area contributed by atoms with Crippen molar-refractivity contribution < 1.29 is 4.79 Å². The molecule has 0 atom stereocenters. The summed E-state index contributed by atoms with van der Waals surface area (Å²) in [5, 5.41) is 0. The first-order valence-electron chi connectivity index (χ1n) is 9.25. The van der Waals surface area contributed by atoms with Gasteiger partial charge in [-0.25, -0.2) is 4.99 Å². The van der Waals surface area contributed by atoms with E-state index < -0.39 is 0 Å². The monoisotopic (exact) mass is 355 g/mol. The van der Waals surface area contributed by atoms with Gasteiger partial charge in [0.15, 0.2) is 0 Å². The van der Waals surface area contributed by atoms with Crippen molar-refractivity contribution in [2.24, 2.45) is 10.4 Å². The highest BCUT2D eigenvalue weighted by Crippen LogP contribution is 2.21. The topological polar surface area (TPSA) is 29.4 Å². The van der Waals surface area contributed by atoms with E-state index in [9.17, 15) is 4.79 Å². The number of rotatable bonds is 5. The van der Waals surface area contributed by atoms with Crippen molar-refractivity contribution in [1.82, 2.24) is 0 Å². The Morgan fingerprint density at radius 3 is 1.67 bits per heavy atom. The molecule has 3 aromatic carbocycles. The number of benzene rings is 3. The van der Waals surface area contributed by atoms with E-state index in [1.54, 1.807) is 0 Å². The first kappa shape index (κ1) is 18.8. The molecule has 0 amide bonds. The molecule has 0 unspecified atom stereocenters. The van der Waals surface area contributed by atoms with Gasteiger partial charge in [-0.15, -0.1) is 0 Å². The van der Waals surface area contributed by atoms with E-state index in [-0.39, 0.29) is 11.2 Å². The molecule has 0 spiro atoms. The second-order valence-electron chi connectivity index (χ2n) is 7.71. The Morgan fingerprint density at radius 2 is 1.22 bits per heavy atom. The summed E-state index contributed by atoms with van der Waals surface area (Å²) in [4.78, 5) is 17.1. The number of Topliss-reactive ketones (excluding diaryl/α,β-unsaturated/α-hetero) is 1. The van der Waals surface area contributed by atoms with Crippen LogP contribution in [0, 0.1) is 5.41 Å². The van der Waals surface area contributed by atoms with Crippen molar-refractivity contribution in [3.8, 4) is 0 Å². The molecule has 0 saturated heterocycles. The molecule has 0 heterocycles. The maximum absolute atomic E-state index is 12.2. The summed E-state index contributed by atoms with van der Waals surface area (Å²) in [5.74, 6) is 0.244. The average molecular weight is 355 g/mol. The van der Waals surface area contributed by atoms with Gasteiger partial charge in [0.25, 0.3) is 0 Å². The molecule has 3 aromatic rings. The van der Waals surface area contributed by atoms with E-state index in [1.165, 1.54) is 0 Å². The van der Waals surface area contributed by atoms with Gasteiger partial charge in [-0.2, -0.15) is 0 Å². The molecule has 0 aliphatic carbocycles. The lowest BCUT2D eigenvalue weighted by Crippen LogP contribution is -2.21. The third-order valence-corrected chi connectivity index (χ3v) is 4.47. The number of carbonyl (C=O) groups is 1. The minimum atomic E-state index is -0.315. The highest BCUT2D eigenvalue weighted by molar-refractivity contribution is 6.13. The van der Waals surface area contributed by atoms with Crippen molar-refractivity contribution in [3.05, 3.63) is 102 Å². The summed E-state index contributed by atoms with van der Waals surface area (Å²) in [6.07, 6.45) is 0.456. The zero-order valence-electron chi connectivity index (χ0n) is 16.1. The van der Waals surface area contributed by atoms with Crippen LogP contribution in [0.1, 0.15) is 37.5 Å². The lowest BCUT2D eigenvalue weighted by molar-refractivity contribution is -0.125. The molecule has 0 aliphatic heterocycles. The smallest absolute Gasteiger partial charge is 0.142 e. The van der Waals surface area contributed by atoms with Crippen LogP contribution in [0.4, 0.5) is 5.69 Å². The van der Waals surface area contributed by atoms with Gasteiger partial charge in [-0.3, -0.25) is 4.79 Å². The molecule has 2 nitrogen and oxygen atoms in total. The molecule has 136 valence electrons. The summed E-state index contributed by atoms with van der Waals surface area (Å²) < 4.78 is 0. The molecule has 0 fully saturated rings. The fraction of sp³-hybridized carbons (Fsp3) is 0.200. The van der Waals surface area contributed by atoms with E-state index >= 15 is 0 Å². The van der Waals surface area contributed by atoms with Crippen LogP contribution in [-0.4, -0.2) is 11.5 Å². The number of hydrogen-bond donors (Lipinski definition) is 0. The molecule has 0 aliphatic rings. The fourth-order valence-electron chi connectivity index (χ4n) is 2.76. The van der Waals surface area contributed by atoms with Crippen LogP contribution in [-0.2, 0) is 11.2 Å². The Labute approximate surface area is 161 Å². The van der Waals surface area contributed by atoms with Crippen LogP contribution in [0.3, 0.4) is 0 Å². The van der Waals surface area contributed by atoms with Gasteiger partial charge in [-0.1, -0.05) is 93.6 Å². The molecule has 0 radical (unpaired) electrons. The fourth-order valence-corrected chi connectivity index (χ4v) is 2.76. The minimum Gasteiger partial charge on any atom is -0.299 e. The minimum absolute atomic E-state index is 0.244. The Morgan fingerprint density at radius 1 is 0.741 bits per heavy atom. The Kier molecular flexibility index (Phi) is 5.66. The van der Waals surface area contributed by atoms with Gasteiger partial charge in [-0.05, 0) is 17.7 Å². The standard InChI is InChI=1S/C25H25NO/c1-25(2,3)23(27)18-19-14-16-22(17-15-19)26-24(20-10-6-4-7-11-20)21-12-8-5-9-13-21/h4-17H,18H2,1-3H3. The predicted octanol–water partition coefficient (Wildman–Crippen LogP) is 6.01. The second-order valence-corrected chi connectivity index (χ2v) is 7.71. The normalized spacial score (nSPS) is 11.1. The lowest BCUT2D eigenvalue weighted by atomic mass is 9.87. The molecule has 3 rings (SSSR count). The van der Waals surface area contributed by atoms with E-state index in [0.29, 0.717) is 6.42 Å². The molecule has 0 bridgehead atoms. The summed E-state index contributed by atoms with van der Waals surface area (Å²) in [6.45, 7) is 5.87. The van der Waals surface area contributed by atoms with Crippen LogP contribution in [0.5, 0.6) is 0 Å². The van der Waals surface area contributed by atoms with Gasteiger partial charge in [0.05, 0.1) is 11.4 Å². The second kappa shape index (κ2) is 8.13. The molecule has 0 aromatic heterocycles. The van der Waals surface area contributed by atoms with Crippen molar-refractivity contribution in [1.29, 1.82) is 0 Å². The van der Waals surface area contributed by atoms with Crippen LogP contribution >= 0.6 is 0 Å². The molecule has 0 saturated carbocycles. The zero-order chi connectivity index (χ0) is 19.3. The van der Waals surface area contributed by atoms with E-state index in [0.717, 1.165) is 28.1 Å². The maximum Gasteiger partial charge on any atom is 0.142 e. The highest BCUT2D eigenvalue weighted by atomic mass is 16.1. The number of carbonyl (C=O) groups excluding carboxylic acids is 1. The van der Waals surface area contributed by atoms with Crippen LogP contribution < -0.4 is 0 Å². The SMILES string of the molecule is CC(C)(C)C(=O)Cc1ccc(N=C(c2ccccc2)c2ccccc2)cc1. The summed E-state index contributed by atoms with van der Waals surface area (Å²) in [6, 6.07) is 28.4. The van der Waals surface area contributed by atoms with Gasteiger partial charge >= 0.3 is 0 Å². The van der Waals surface area contributed by atoms with Crippen molar-refractivity contribution in [2.45, 2.75) is 27.2 Å². The van der Waals surface area contributed by atoms with Gasteiger partial charge in [0.1, 0.15) is 5.78 Å². The van der Waals surface area contributed by atoms with E-state index in [4.69, 9.17) is 4.99 Å². The van der Waals surface area contributed by atoms with Crippen LogP contribution in [0.25, 0.3) is 0 Å². The molecule has 0 N–H and O–H groups in total. The van der Waals surface area contributed by atoms with E-state index in [2.05, 4.69) is 24.3 Å². The van der Waals surface area contributed by atoms with Crippen LogP contribution in [0.2, 0.25) is 0 Å². The van der Waals surface area contributed by atoms with Crippen LogP contribution in [0.15, 0.2) is 89.9 Å². The largest absolute Gasteiger partial charge is 0.299 e. The maximum atomic E-state index is 12.2. The Hall–Kier alpha value is -3.00. The first-order chi connectivity index (χ1) is 12.9. The number of nitrogens with zero attached hydrogens (tertiary/aromatic N) is 1. The quantitative estimate of drug-likeness (QED) is 0.515. The number of ketones is 1. The zero-order valence-corrected chi connectivity index (χ0v) is 16.1. The highest BCUT2D eigenvalue weighted by Gasteiger charge is 2.20. The third-order valence-electron chi connectivity index (χ3n) is 4.47. The average Bonchev–Trinajstić information content (AvgIpc) is 2.68. The Bertz CT molecular complexity index is 876. The lowest BCUT2D eigenvalue weighted by Gasteiger charge is -2.16. The Balaban J connectivity index is 1.91. The molecular weight excluding hydrogens is 330 g/mol. The van der Waals surface area contributed by atoms with Crippen molar-refractivity contribution >= 4 is 17.2 Å². The van der Waals surface area contributed by atoms with Crippen molar-refractivity contribution in [3.63, 3.8) is 0 Å². The van der Waals surface area contributed by atoms with Gasteiger partial charge < -0.3 is 0 Å². The summed E-state index contributed by atoms with van der Waals surface area (Å²) in [5.41, 5.74) is 4.69. The van der Waals surface area contributed by atoms with Crippen molar-refractivity contribution in [2.75, 3.05) is 0 Å².